The second-order valence-electron chi connectivity index (χ2n) is 7.17. The van der Waals surface area contributed by atoms with Crippen molar-refractivity contribution in [3.63, 3.8) is 0 Å². The van der Waals surface area contributed by atoms with Crippen LogP contribution in [0.1, 0.15) is 23.2 Å². The Morgan fingerprint density at radius 2 is 1.56 bits per heavy atom. The molecule has 0 radical (unpaired) electrons. The maximum atomic E-state index is 12.6. The van der Waals surface area contributed by atoms with E-state index >= 15 is 0 Å². The molecule has 2 heterocycles. The van der Waals surface area contributed by atoms with Crippen LogP contribution in [0.3, 0.4) is 0 Å². The molecule has 0 atom stereocenters. The van der Waals surface area contributed by atoms with Crippen molar-refractivity contribution in [1.29, 1.82) is 0 Å². The summed E-state index contributed by atoms with van der Waals surface area (Å²) >= 11 is 0. The highest BCUT2D eigenvalue weighted by molar-refractivity contribution is 7.92. The van der Waals surface area contributed by atoms with Gasteiger partial charge in [0.1, 0.15) is 0 Å². The Morgan fingerprint density at radius 1 is 0.941 bits per heavy atom. The molecule has 3 amide bonds. The number of amides is 3. The van der Waals surface area contributed by atoms with E-state index < -0.39 is 15.9 Å². The van der Waals surface area contributed by atoms with Gasteiger partial charge in [-0.3, -0.25) is 24.0 Å². The van der Waals surface area contributed by atoms with Crippen molar-refractivity contribution in [2.24, 2.45) is 0 Å². The Balaban J connectivity index is 1.43. The van der Waals surface area contributed by atoms with Gasteiger partial charge < -0.3 is 10.1 Å². The molecule has 1 fully saturated rings. The number of carbonyl (C=O) groups excluding carboxylic acids is 3. The van der Waals surface area contributed by atoms with Gasteiger partial charge in [-0.2, -0.15) is 0 Å². The third-order valence-corrected chi connectivity index (χ3v) is 6.31. The average Bonchev–Trinajstić information content (AvgIpc) is 3.17. The number of methoxy groups -OCH3 is 1. The van der Waals surface area contributed by atoms with Gasteiger partial charge in [0.2, 0.25) is 17.6 Å². The smallest absolute Gasteiger partial charge is 0.263 e. The van der Waals surface area contributed by atoms with E-state index in [0.717, 1.165) is 4.90 Å². The molecule has 0 saturated carbocycles. The fraction of sp³-hybridized carbons (Fsp3) is 0.136. The lowest BCUT2D eigenvalue weighted by molar-refractivity contribution is -0.121. The number of rotatable bonds is 7. The highest BCUT2D eigenvalue weighted by Gasteiger charge is 2.30. The maximum absolute atomic E-state index is 12.6. The second kappa shape index (κ2) is 9.27. The molecule has 174 valence electrons. The van der Waals surface area contributed by atoms with Crippen LogP contribution >= 0.6 is 0 Å². The Morgan fingerprint density at radius 3 is 2.18 bits per heavy atom. The molecule has 34 heavy (non-hydrogen) atoms. The number of nitrogens with zero attached hydrogens (tertiary/aromatic N) is 3. The van der Waals surface area contributed by atoms with E-state index in [0.29, 0.717) is 16.9 Å². The second-order valence-corrected chi connectivity index (χ2v) is 8.85. The van der Waals surface area contributed by atoms with Gasteiger partial charge in [-0.05, 0) is 48.5 Å². The minimum absolute atomic E-state index is 0.0273. The summed E-state index contributed by atoms with van der Waals surface area (Å²) in [5.41, 5.74) is 1.08. The third-order valence-electron chi connectivity index (χ3n) is 4.95. The Labute approximate surface area is 194 Å². The molecule has 1 aliphatic rings. The molecule has 1 aromatic heterocycles. The minimum atomic E-state index is -3.97. The van der Waals surface area contributed by atoms with Crippen LogP contribution in [0, 0.1) is 0 Å². The van der Waals surface area contributed by atoms with E-state index in [1.54, 1.807) is 0 Å². The predicted molar refractivity (Wildman–Crippen MR) is 122 cm³/mol. The van der Waals surface area contributed by atoms with Crippen LogP contribution < -0.4 is 19.7 Å². The van der Waals surface area contributed by atoms with Crippen LogP contribution in [-0.2, 0) is 19.6 Å². The van der Waals surface area contributed by atoms with E-state index in [4.69, 9.17) is 4.74 Å². The largest absolute Gasteiger partial charge is 0.478 e. The van der Waals surface area contributed by atoms with Crippen molar-refractivity contribution >= 4 is 44.9 Å². The summed E-state index contributed by atoms with van der Waals surface area (Å²) in [6.45, 7) is 0. The molecular formula is C22H19N5O6S. The summed E-state index contributed by atoms with van der Waals surface area (Å²) in [5, 5.41) is 2.67. The molecule has 0 unspecified atom stereocenters. The first kappa shape index (κ1) is 22.9. The van der Waals surface area contributed by atoms with E-state index in [9.17, 15) is 22.8 Å². The molecule has 0 aliphatic carbocycles. The number of anilines is 3. The van der Waals surface area contributed by atoms with Gasteiger partial charge in [0.05, 0.1) is 17.7 Å². The minimum Gasteiger partial charge on any atom is -0.478 e. The van der Waals surface area contributed by atoms with Gasteiger partial charge in [0.25, 0.3) is 21.8 Å². The van der Waals surface area contributed by atoms with Crippen LogP contribution in [0.5, 0.6) is 5.88 Å². The summed E-state index contributed by atoms with van der Waals surface area (Å²) in [6.07, 6.45) is 3.04. The number of sulfonamides is 1. The molecule has 4 rings (SSSR count). The monoisotopic (exact) mass is 481 g/mol. The summed E-state index contributed by atoms with van der Waals surface area (Å²) in [6, 6.07) is 11.6. The quantitative estimate of drug-likeness (QED) is 0.488. The van der Waals surface area contributed by atoms with Gasteiger partial charge in [0.15, 0.2) is 0 Å². The van der Waals surface area contributed by atoms with Crippen LogP contribution in [-0.4, -0.2) is 43.2 Å². The first-order chi connectivity index (χ1) is 16.3. The maximum Gasteiger partial charge on any atom is 0.263 e. The zero-order valence-electron chi connectivity index (χ0n) is 17.9. The van der Waals surface area contributed by atoms with Gasteiger partial charge in [-0.25, -0.2) is 18.4 Å². The lowest BCUT2D eigenvalue weighted by Gasteiger charge is -2.14. The van der Waals surface area contributed by atoms with Crippen molar-refractivity contribution in [3.8, 4) is 5.88 Å². The molecule has 2 N–H and O–H groups in total. The predicted octanol–water partition coefficient (Wildman–Crippen LogP) is 2.19. The first-order valence-corrected chi connectivity index (χ1v) is 11.5. The highest BCUT2D eigenvalue weighted by Crippen LogP contribution is 2.24. The zero-order valence-corrected chi connectivity index (χ0v) is 18.7. The summed E-state index contributed by atoms with van der Waals surface area (Å²) in [5.74, 6) is -1.01. The number of hydrogen-bond acceptors (Lipinski definition) is 8. The number of imide groups is 1. The van der Waals surface area contributed by atoms with Crippen molar-refractivity contribution in [1.82, 2.24) is 9.97 Å². The number of nitrogens with one attached hydrogen (secondary N) is 2. The first-order valence-electron chi connectivity index (χ1n) is 10.0. The molecule has 1 saturated heterocycles. The van der Waals surface area contributed by atoms with E-state index in [1.165, 1.54) is 68.0 Å². The zero-order chi connectivity index (χ0) is 24.3. The molecule has 1 aliphatic heterocycles. The Kier molecular flexibility index (Phi) is 6.23. The summed E-state index contributed by atoms with van der Waals surface area (Å²) < 4.78 is 32.6. The van der Waals surface area contributed by atoms with Crippen molar-refractivity contribution in [2.75, 3.05) is 22.0 Å². The SMILES string of the molecule is COc1nccnc1NS(=O)(=O)c1ccc(NC(=O)c2ccc(N3C(=O)CCC3=O)cc2)cc1. The number of aromatic nitrogens is 2. The Hall–Kier alpha value is -4.32. The fourth-order valence-corrected chi connectivity index (χ4v) is 4.28. The van der Waals surface area contributed by atoms with Crippen LogP contribution in [0.2, 0.25) is 0 Å². The summed E-state index contributed by atoms with van der Waals surface area (Å²) in [7, 11) is -2.62. The van der Waals surface area contributed by atoms with Crippen LogP contribution in [0.4, 0.5) is 17.2 Å². The standard InChI is InChI=1S/C22H19N5O6S/c1-33-22-20(23-12-13-24-22)26-34(31,32)17-8-4-15(5-9-17)25-21(30)14-2-6-16(7-3-14)27-18(28)10-11-19(27)29/h2-9,12-13H,10-11H2,1H3,(H,23,26)(H,25,30). The average molecular weight is 481 g/mol. The summed E-state index contributed by atoms with van der Waals surface area (Å²) in [4.78, 5) is 45.1. The van der Waals surface area contributed by atoms with E-state index in [1.807, 2.05) is 0 Å². The van der Waals surface area contributed by atoms with Crippen LogP contribution in [0.15, 0.2) is 65.8 Å². The Bertz CT molecular complexity index is 1340. The van der Waals surface area contributed by atoms with E-state index in [2.05, 4.69) is 20.0 Å². The molecule has 12 heteroatoms. The van der Waals surface area contributed by atoms with E-state index in [-0.39, 0.29) is 41.2 Å². The molecule has 2 aromatic carbocycles. The lowest BCUT2D eigenvalue weighted by atomic mass is 10.1. The van der Waals surface area contributed by atoms with Crippen molar-refractivity contribution in [3.05, 3.63) is 66.5 Å². The van der Waals surface area contributed by atoms with Crippen molar-refractivity contribution in [2.45, 2.75) is 17.7 Å². The normalized spacial score (nSPS) is 13.6. The molecule has 0 bridgehead atoms. The van der Waals surface area contributed by atoms with Crippen LogP contribution in [0.25, 0.3) is 0 Å². The third kappa shape index (κ3) is 4.71. The molecule has 3 aromatic rings. The number of carbonyl (C=O) groups is 3. The van der Waals surface area contributed by atoms with Gasteiger partial charge in [-0.1, -0.05) is 0 Å². The van der Waals surface area contributed by atoms with Crippen molar-refractivity contribution < 1.29 is 27.5 Å². The molecule has 11 nitrogen and oxygen atoms in total. The van der Waals surface area contributed by atoms with Gasteiger partial charge >= 0.3 is 0 Å². The highest BCUT2D eigenvalue weighted by atomic mass is 32.2. The number of hydrogen-bond donors (Lipinski definition) is 2. The number of ether oxygens (including phenoxy) is 1. The molecule has 0 spiro atoms. The topological polar surface area (TPSA) is 148 Å². The van der Waals surface area contributed by atoms with Gasteiger partial charge in [0, 0.05) is 36.5 Å². The fourth-order valence-electron chi connectivity index (χ4n) is 3.28. The lowest BCUT2D eigenvalue weighted by Crippen LogP contribution is -2.28. The molecular weight excluding hydrogens is 462 g/mol. The number of benzene rings is 2. The van der Waals surface area contributed by atoms with Gasteiger partial charge in [-0.15, -0.1) is 0 Å².